The number of carbonyl (C=O) groups excluding carboxylic acids is 2. The quantitative estimate of drug-likeness (QED) is 0.400. The number of likely N-dealkylation sites (N-methyl/N-ethyl adjacent to an activating group) is 1. The van der Waals surface area contributed by atoms with E-state index < -0.39 is 28.5 Å². The number of ether oxygens (including phenoxy) is 1. The molecule has 0 heterocycles. The lowest BCUT2D eigenvalue weighted by Crippen LogP contribution is -2.50. The minimum absolute atomic E-state index is 0.0306. The molecule has 0 aromatic heterocycles. The first kappa shape index (κ1) is 29.0. The number of amides is 2. The molecule has 38 heavy (non-hydrogen) atoms. The van der Waals surface area contributed by atoms with Gasteiger partial charge in [-0.3, -0.25) is 13.9 Å². The van der Waals surface area contributed by atoms with E-state index in [-0.39, 0.29) is 23.0 Å². The Kier molecular flexibility index (Phi) is 9.40. The topological polar surface area (TPSA) is 96.0 Å². The molecule has 8 nitrogen and oxygen atoms in total. The predicted octanol–water partition coefficient (Wildman–Crippen LogP) is 4.32. The third-order valence-corrected chi connectivity index (χ3v) is 8.20. The number of nitrogens with one attached hydrogen (secondary N) is 1. The lowest BCUT2D eigenvalue weighted by atomic mass is 10.1. The zero-order chi connectivity index (χ0) is 28.0. The number of hydrogen-bond acceptors (Lipinski definition) is 5. The number of sulfonamides is 1. The smallest absolute Gasteiger partial charge is 0.264 e. The molecule has 2 amide bonds. The normalized spacial score (nSPS) is 11.9. The predicted molar refractivity (Wildman–Crippen MR) is 149 cm³/mol. The molecule has 202 valence electrons. The number of methoxy groups -OCH3 is 1. The van der Waals surface area contributed by atoms with Gasteiger partial charge in [0.1, 0.15) is 18.3 Å². The van der Waals surface area contributed by atoms with E-state index in [1.165, 1.54) is 31.2 Å². The Morgan fingerprint density at radius 2 is 1.58 bits per heavy atom. The van der Waals surface area contributed by atoms with Gasteiger partial charge in [-0.1, -0.05) is 47.5 Å². The van der Waals surface area contributed by atoms with Crippen molar-refractivity contribution >= 4 is 39.1 Å². The van der Waals surface area contributed by atoms with Crippen molar-refractivity contribution < 1.29 is 22.7 Å². The maximum atomic E-state index is 13.9. The molecule has 0 aliphatic rings. The fraction of sp³-hybridized carbons (Fsp3) is 0.286. The zero-order valence-electron chi connectivity index (χ0n) is 22.1. The van der Waals surface area contributed by atoms with Crippen molar-refractivity contribution in [2.24, 2.45) is 0 Å². The van der Waals surface area contributed by atoms with Gasteiger partial charge in [0.25, 0.3) is 10.0 Å². The summed E-state index contributed by atoms with van der Waals surface area (Å²) >= 11 is 6.01. The van der Waals surface area contributed by atoms with Gasteiger partial charge in [-0.25, -0.2) is 8.42 Å². The molecular formula is C28H32ClN3O5S. The third kappa shape index (κ3) is 6.65. The van der Waals surface area contributed by atoms with Crippen molar-refractivity contribution in [3.63, 3.8) is 0 Å². The first-order valence-electron chi connectivity index (χ1n) is 12.0. The number of carbonyl (C=O) groups is 2. The number of anilines is 1. The van der Waals surface area contributed by atoms with Crippen LogP contribution in [0.4, 0.5) is 5.69 Å². The van der Waals surface area contributed by atoms with Gasteiger partial charge in [0.2, 0.25) is 11.8 Å². The minimum Gasteiger partial charge on any atom is -0.495 e. The molecule has 0 saturated carbocycles. The van der Waals surface area contributed by atoms with E-state index in [9.17, 15) is 18.0 Å². The molecule has 1 N–H and O–H groups in total. The van der Waals surface area contributed by atoms with E-state index in [2.05, 4.69) is 5.32 Å². The fourth-order valence-corrected chi connectivity index (χ4v) is 5.47. The Bertz CT molecular complexity index is 1390. The Labute approximate surface area is 229 Å². The van der Waals surface area contributed by atoms with Gasteiger partial charge in [-0.2, -0.15) is 0 Å². The molecule has 3 aromatic carbocycles. The van der Waals surface area contributed by atoms with E-state index in [1.54, 1.807) is 61.5 Å². The fourth-order valence-electron chi connectivity index (χ4n) is 3.92. The van der Waals surface area contributed by atoms with Crippen LogP contribution in [0.25, 0.3) is 0 Å². The summed E-state index contributed by atoms with van der Waals surface area (Å²) in [6, 6.07) is 17.5. The van der Waals surface area contributed by atoms with Gasteiger partial charge in [0, 0.05) is 18.6 Å². The van der Waals surface area contributed by atoms with Crippen molar-refractivity contribution in [1.29, 1.82) is 0 Å². The Balaban J connectivity index is 2.10. The molecule has 3 aromatic rings. The number of nitrogens with zero attached hydrogens (tertiary/aromatic N) is 2. The summed E-state index contributed by atoms with van der Waals surface area (Å²) in [5, 5.41) is 3.10. The van der Waals surface area contributed by atoms with Gasteiger partial charge in [0.15, 0.2) is 0 Å². The SMILES string of the molecule is CNC(=O)[C@H](C)N(Cc1ccc(Cl)cc1)C(=O)CN(c1cc(C)ccc1OC)S(=O)(=O)c1ccc(C)cc1. The van der Waals surface area contributed by atoms with Crippen LogP contribution in [0.15, 0.2) is 71.6 Å². The Hall–Kier alpha value is -3.56. The van der Waals surface area contributed by atoms with Crippen LogP contribution in [0.2, 0.25) is 5.02 Å². The second-order valence-corrected chi connectivity index (χ2v) is 11.2. The first-order chi connectivity index (χ1) is 18.0. The number of halogens is 1. The van der Waals surface area contributed by atoms with E-state index >= 15 is 0 Å². The van der Waals surface area contributed by atoms with Crippen molar-refractivity contribution in [2.75, 3.05) is 25.0 Å². The molecule has 3 rings (SSSR count). The summed E-state index contributed by atoms with van der Waals surface area (Å²) in [4.78, 5) is 27.8. The lowest BCUT2D eigenvalue weighted by molar-refractivity contribution is -0.139. The molecule has 0 bridgehead atoms. The summed E-state index contributed by atoms with van der Waals surface area (Å²) in [6.07, 6.45) is 0. The maximum Gasteiger partial charge on any atom is 0.264 e. The van der Waals surface area contributed by atoms with Crippen LogP contribution in [-0.4, -0.2) is 51.9 Å². The highest BCUT2D eigenvalue weighted by atomic mass is 35.5. The van der Waals surface area contributed by atoms with Crippen LogP contribution in [0.5, 0.6) is 5.75 Å². The van der Waals surface area contributed by atoms with E-state index in [1.807, 2.05) is 13.8 Å². The second-order valence-electron chi connectivity index (χ2n) is 8.94. The van der Waals surface area contributed by atoms with Crippen molar-refractivity contribution in [1.82, 2.24) is 10.2 Å². The first-order valence-corrected chi connectivity index (χ1v) is 13.8. The van der Waals surface area contributed by atoms with Crippen LogP contribution < -0.4 is 14.4 Å². The molecule has 0 radical (unpaired) electrons. The van der Waals surface area contributed by atoms with Gasteiger partial charge in [0.05, 0.1) is 17.7 Å². The maximum absolute atomic E-state index is 13.9. The standard InChI is InChI=1S/C28H32ClN3O5S/c1-19-6-13-24(14-7-19)38(35,36)32(25-16-20(2)8-15-26(25)37-5)18-27(33)31(21(3)28(34)30-4)17-22-9-11-23(29)12-10-22/h6-16,21H,17-18H2,1-5H3,(H,30,34)/t21-/m0/s1. The average molecular weight is 558 g/mol. The summed E-state index contributed by atoms with van der Waals surface area (Å²) in [5.41, 5.74) is 2.64. The monoisotopic (exact) mass is 557 g/mol. The van der Waals surface area contributed by atoms with Gasteiger partial charge in [-0.05, 0) is 68.3 Å². The van der Waals surface area contributed by atoms with E-state index in [0.29, 0.717) is 10.8 Å². The molecule has 0 fully saturated rings. The van der Waals surface area contributed by atoms with E-state index in [0.717, 1.165) is 21.0 Å². The highest BCUT2D eigenvalue weighted by Crippen LogP contribution is 2.34. The van der Waals surface area contributed by atoms with Gasteiger partial charge in [-0.15, -0.1) is 0 Å². The molecule has 10 heteroatoms. The van der Waals surface area contributed by atoms with Gasteiger partial charge >= 0.3 is 0 Å². The van der Waals surface area contributed by atoms with Crippen LogP contribution >= 0.6 is 11.6 Å². The van der Waals surface area contributed by atoms with Crippen LogP contribution in [0, 0.1) is 13.8 Å². The summed E-state index contributed by atoms with van der Waals surface area (Å²) in [5.74, 6) is -0.647. The zero-order valence-corrected chi connectivity index (χ0v) is 23.6. The summed E-state index contributed by atoms with van der Waals surface area (Å²) < 4.78 is 34.4. The summed E-state index contributed by atoms with van der Waals surface area (Å²) in [7, 11) is -1.27. The number of aryl methyl sites for hydroxylation is 2. The summed E-state index contributed by atoms with van der Waals surface area (Å²) in [6.45, 7) is 4.80. The van der Waals surface area contributed by atoms with Crippen LogP contribution in [-0.2, 0) is 26.2 Å². The molecular weight excluding hydrogens is 526 g/mol. The largest absolute Gasteiger partial charge is 0.495 e. The molecule has 1 atom stereocenters. The van der Waals surface area contributed by atoms with Crippen LogP contribution in [0.1, 0.15) is 23.6 Å². The molecule has 0 aliphatic carbocycles. The highest BCUT2D eigenvalue weighted by molar-refractivity contribution is 7.92. The minimum atomic E-state index is -4.19. The second kappa shape index (κ2) is 12.3. The molecule has 0 aliphatic heterocycles. The molecule has 0 unspecified atom stereocenters. The van der Waals surface area contributed by atoms with Crippen molar-refractivity contribution in [3.8, 4) is 5.75 Å². The molecule has 0 spiro atoms. The third-order valence-electron chi connectivity index (χ3n) is 6.17. The van der Waals surface area contributed by atoms with Crippen LogP contribution in [0.3, 0.4) is 0 Å². The number of benzene rings is 3. The van der Waals surface area contributed by atoms with Crippen molar-refractivity contribution in [2.45, 2.75) is 38.3 Å². The Morgan fingerprint density at radius 3 is 2.16 bits per heavy atom. The Morgan fingerprint density at radius 1 is 0.974 bits per heavy atom. The van der Waals surface area contributed by atoms with Gasteiger partial charge < -0.3 is 15.0 Å². The highest BCUT2D eigenvalue weighted by Gasteiger charge is 2.33. The van der Waals surface area contributed by atoms with E-state index in [4.69, 9.17) is 16.3 Å². The lowest BCUT2D eigenvalue weighted by Gasteiger charge is -2.32. The average Bonchev–Trinajstić information content (AvgIpc) is 2.90. The number of hydrogen-bond donors (Lipinski definition) is 1. The number of rotatable bonds is 10. The molecule has 0 saturated heterocycles. The van der Waals surface area contributed by atoms with Crippen molar-refractivity contribution in [3.05, 3.63) is 88.4 Å².